The molecule has 0 aliphatic heterocycles. The first-order valence-electron chi connectivity index (χ1n) is 5.11. The third kappa shape index (κ3) is 2.54. The summed E-state index contributed by atoms with van der Waals surface area (Å²) in [7, 11) is 1.26. The minimum absolute atomic E-state index is 0.538. The van der Waals surface area contributed by atoms with Crippen molar-refractivity contribution in [3.8, 4) is 11.1 Å². The standard InChI is InChI=1S/C13H12O3S/c1-16-13(15)12(14)10-4-2-9(3-5-10)11-6-7-17-8-11/h2-8,12,14H,1H3. The maximum absolute atomic E-state index is 11.2. The van der Waals surface area contributed by atoms with E-state index in [1.54, 1.807) is 23.5 Å². The third-order valence-corrected chi connectivity index (χ3v) is 3.19. The zero-order chi connectivity index (χ0) is 12.3. The molecule has 0 spiro atoms. The van der Waals surface area contributed by atoms with Crippen molar-refractivity contribution in [2.45, 2.75) is 6.10 Å². The van der Waals surface area contributed by atoms with Gasteiger partial charge in [-0.1, -0.05) is 24.3 Å². The summed E-state index contributed by atoms with van der Waals surface area (Å²) in [5, 5.41) is 13.7. The van der Waals surface area contributed by atoms with Gasteiger partial charge in [0.05, 0.1) is 7.11 Å². The van der Waals surface area contributed by atoms with Gasteiger partial charge in [-0.05, 0) is 33.5 Å². The average molecular weight is 248 g/mol. The van der Waals surface area contributed by atoms with Crippen LogP contribution in [0.5, 0.6) is 0 Å². The van der Waals surface area contributed by atoms with Crippen LogP contribution in [-0.2, 0) is 9.53 Å². The van der Waals surface area contributed by atoms with Crippen molar-refractivity contribution < 1.29 is 14.6 Å². The molecular formula is C13H12O3S. The molecule has 4 heteroatoms. The van der Waals surface area contributed by atoms with Gasteiger partial charge in [0, 0.05) is 0 Å². The number of hydrogen-bond acceptors (Lipinski definition) is 4. The zero-order valence-corrected chi connectivity index (χ0v) is 10.1. The van der Waals surface area contributed by atoms with Crippen molar-refractivity contribution in [1.82, 2.24) is 0 Å². The molecule has 1 atom stereocenters. The maximum atomic E-state index is 11.2. The minimum atomic E-state index is -1.21. The second-order valence-corrected chi connectivity index (χ2v) is 4.34. The molecule has 2 aromatic rings. The van der Waals surface area contributed by atoms with Gasteiger partial charge >= 0.3 is 5.97 Å². The number of ether oxygens (including phenoxy) is 1. The Bertz CT molecular complexity index is 488. The van der Waals surface area contributed by atoms with Crippen molar-refractivity contribution in [1.29, 1.82) is 0 Å². The fourth-order valence-electron chi connectivity index (χ4n) is 1.53. The van der Waals surface area contributed by atoms with E-state index in [9.17, 15) is 9.90 Å². The third-order valence-electron chi connectivity index (χ3n) is 2.51. The van der Waals surface area contributed by atoms with E-state index in [4.69, 9.17) is 0 Å². The number of thiophene rings is 1. The van der Waals surface area contributed by atoms with Gasteiger partial charge in [-0.25, -0.2) is 4.79 Å². The van der Waals surface area contributed by atoms with E-state index in [-0.39, 0.29) is 0 Å². The van der Waals surface area contributed by atoms with Gasteiger partial charge in [-0.3, -0.25) is 0 Å². The van der Waals surface area contributed by atoms with Gasteiger partial charge in [0.25, 0.3) is 0 Å². The van der Waals surface area contributed by atoms with Crippen LogP contribution in [0, 0.1) is 0 Å². The van der Waals surface area contributed by atoms with Crippen LogP contribution in [0.2, 0.25) is 0 Å². The summed E-state index contributed by atoms with van der Waals surface area (Å²) >= 11 is 1.63. The Morgan fingerprint density at radius 1 is 1.24 bits per heavy atom. The molecule has 3 nitrogen and oxygen atoms in total. The van der Waals surface area contributed by atoms with E-state index in [0.29, 0.717) is 5.56 Å². The summed E-state index contributed by atoms with van der Waals surface area (Å²) in [5.74, 6) is -0.645. The fraction of sp³-hybridized carbons (Fsp3) is 0.154. The van der Waals surface area contributed by atoms with Crippen LogP contribution in [0.1, 0.15) is 11.7 Å². The Hall–Kier alpha value is -1.65. The zero-order valence-electron chi connectivity index (χ0n) is 9.29. The maximum Gasteiger partial charge on any atom is 0.339 e. The highest BCUT2D eigenvalue weighted by Crippen LogP contribution is 2.24. The van der Waals surface area contributed by atoms with Crippen LogP contribution in [0.15, 0.2) is 41.1 Å². The lowest BCUT2D eigenvalue weighted by Crippen LogP contribution is -2.13. The molecule has 1 N–H and O–H groups in total. The summed E-state index contributed by atoms with van der Waals surface area (Å²) in [5.41, 5.74) is 2.73. The minimum Gasteiger partial charge on any atom is -0.467 e. The molecule has 2 rings (SSSR count). The molecule has 17 heavy (non-hydrogen) atoms. The number of esters is 1. The molecule has 1 heterocycles. The van der Waals surface area contributed by atoms with E-state index in [0.717, 1.165) is 11.1 Å². The quantitative estimate of drug-likeness (QED) is 0.849. The second-order valence-electron chi connectivity index (χ2n) is 3.56. The number of carbonyl (C=O) groups is 1. The van der Waals surface area contributed by atoms with E-state index < -0.39 is 12.1 Å². The number of rotatable bonds is 3. The number of benzene rings is 1. The largest absolute Gasteiger partial charge is 0.467 e. The van der Waals surface area contributed by atoms with Crippen molar-refractivity contribution >= 4 is 17.3 Å². The highest BCUT2D eigenvalue weighted by Gasteiger charge is 2.17. The van der Waals surface area contributed by atoms with Crippen molar-refractivity contribution in [3.05, 3.63) is 46.7 Å². The normalized spacial score (nSPS) is 12.1. The summed E-state index contributed by atoms with van der Waals surface area (Å²) < 4.78 is 4.48. The van der Waals surface area contributed by atoms with Crippen molar-refractivity contribution in [2.75, 3.05) is 7.11 Å². The lowest BCUT2D eigenvalue weighted by molar-refractivity contribution is -0.150. The van der Waals surface area contributed by atoms with E-state index in [1.165, 1.54) is 7.11 Å². The molecule has 0 fully saturated rings. The molecule has 88 valence electrons. The molecule has 0 aliphatic rings. The van der Waals surface area contributed by atoms with Gasteiger partial charge in [0.2, 0.25) is 0 Å². The lowest BCUT2D eigenvalue weighted by atomic mass is 10.0. The van der Waals surface area contributed by atoms with Gasteiger partial charge in [0.1, 0.15) is 0 Å². The Labute approximate surface area is 103 Å². The molecule has 0 bridgehead atoms. The first-order valence-corrected chi connectivity index (χ1v) is 6.05. The fourth-order valence-corrected chi connectivity index (χ4v) is 2.20. The van der Waals surface area contributed by atoms with Gasteiger partial charge in [0.15, 0.2) is 6.10 Å². The highest BCUT2D eigenvalue weighted by molar-refractivity contribution is 7.08. The monoisotopic (exact) mass is 248 g/mol. The molecule has 0 saturated heterocycles. The Morgan fingerprint density at radius 2 is 1.94 bits per heavy atom. The van der Waals surface area contributed by atoms with Crippen molar-refractivity contribution in [3.63, 3.8) is 0 Å². The SMILES string of the molecule is COC(=O)C(O)c1ccc(-c2ccsc2)cc1. The molecule has 1 aromatic heterocycles. The van der Waals surface area contributed by atoms with E-state index >= 15 is 0 Å². The summed E-state index contributed by atoms with van der Waals surface area (Å²) in [6, 6.07) is 9.24. The van der Waals surface area contributed by atoms with Gasteiger partial charge < -0.3 is 9.84 Å². The summed E-state index contributed by atoms with van der Waals surface area (Å²) in [6.45, 7) is 0. The molecule has 1 unspecified atom stereocenters. The predicted molar refractivity (Wildman–Crippen MR) is 66.7 cm³/mol. The van der Waals surface area contributed by atoms with Crippen molar-refractivity contribution in [2.24, 2.45) is 0 Å². The lowest BCUT2D eigenvalue weighted by Gasteiger charge is -2.08. The smallest absolute Gasteiger partial charge is 0.339 e. The highest BCUT2D eigenvalue weighted by atomic mass is 32.1. The molecule has 0 aliphatic carbocycles. The average Bonchev–Trinajstić information content (AvgIpc) is 2.91. The number of hydrogen-bond donors (Lipinski definition) is 1. The molecular weight excluding hydrogens is 236 g/mol. The number of methoxy groups -OCH3 is 1. The van der Waals surface area contributed by atoms with E-state index in [2.05, 4.69) is 4.74 Å². The predicted octanol–water partition coefficient (Wildman–Crippen LogP) is 2.62. The summed E-state index contributed by atoms with van der Waals surface area (Å²) in [4.78, 5) is 11.2. The number of aliphatic hydroxyl groups excluding tert-OH is 1. The van der Waals surface area contributed by atoms with Crippen LogP contribution >= 0.6 is 11.3 Å². The van der Waals surface area contributed by atoms with Gasteiger partial charge in [-0.2, -0.15) is 11.3 Å². The van der Waals surface area contributed by atoms with Gasteiger partial charge in [-0.15, -0.1) is 0 Å². The summed E-state index contributed by atoms with van der Waals surface area (Å²) in [6.07, 6.45) is -1.21. The second kappa shape index (κ2) is 5.12. The van der Waals surface area contributed by atoms with Crippen LogP contribution in [0.25, 0.3) is 11.1 Å². The molecule has 0 radical (unpaired) electrons. The molecule has 1 aromatic carbocycles. The van der Waals surface area contributed by atoms with Crippen LogP contribution in [0.3, 0.4) is 0 Å². The van der Waals surface area contributed by atoms with Crippen LogP contribution in [-0.4, -0.2) is 18.2 Å². The molecule has 0 saturated carbocycles. The first kappa shape index (κ1) is 11.8. The van der Waals surface area contributed by atoms with Crippen LogP contribution in [0.4, 0.5) is 0 Å². The Balaban J connectivity index is 2.21. The number of carbonyl (C=O) groups excluding carboxylic acids is 1. The number of aliphatic hydroxyl groups is 1. The topological polar surface area (TPSA) is 46.5 Å². The Morgan fingerprint density at radius 3 is 2.47 bits per heavy atom. The van der Waals surface area contributed by atoms with Crippen LogP contribution < -0.4 is 0 Å². The Kier molecular flexibility index (Phi) is 3.56. The molecule has 0 amide bonds. The van der Waals surface area contributed by atoms with E-state index in [1.807, 2.05) is 29.0 Å². The first-order chi connectivity index (χ1) is 8.22.